The van der Waals surface area contributed by atoms with Gasteiger partial charge in [-0.05, 0) is 75.5 Å². The summed E-state index contributed by atoms with van der Waals surface area (Å²) in [5.41, 5.74) is 2.68. The molecule has 0 aliphatic carbocycles. The molecule has 0 spiro atoms. The summed E-state index contributed by atoms with van der Waals surface area (Å²) in [4.78, 5) is 13.4. The Morgan fingerprint density at radius 3 is 2.62 bits per heavy atom. The molecule has 1 aliphatic rings. The third kappa shape index (κ3) is 4.81. The molecule has 1 fully saturated rings. The van der Waals surface area contributed by atoms with Crippen LogP contribution in [0.1, 0.15) is 56.3 Å². The second kappa shape index (κ2) is 10.1. The lowest BCUT2D eigenvalue weighted by Crippen LogP contribution is -2.16. The van der Waals surface area contributed by atoms with E-state index in [1.165, 1.54) is 12.1 Å². The van der Waals surface area contributed by atoms with Gasteiger partial charge in [0, 0.05) is 30.3 Å². The van der Waals surface area contributed by atoms with Crippen LogP contribution >= 0.6 is 0 Å². The highest BCUT2D eigenvalue weighted by Crippen LogP contribution is 2.33. The van der Waals surface area contributed by atoms with E-state index in [1.807, 2.05) is 38.3 Å². The lowest BCUT2D eigenvalue weighted by atomic mass is 9.96. The van der Waals surface area contributed by atoms with Crippen molar-refractivity contribution >= 4 is 22.7 Å². The minimum Gasteiger partial charge on any atom is -0.388 e. The smallest absolute Gasteiger partial charge is 0.151 e. The van der Waals surface area contributed by atoms with E-state index in [4.69, 9.17) is 0 Å². The summed E-state index contributed by atoms with van der Waals surface area (Å²) in [5.74, 6) is 0.803. The number of pyridine rings is 2. The minimum absolute atomic E-state index is 0.0513. The molecule has 5 rings (SSSR count). The second-order valence-electron chi connectivity index (χ2n) is 9.93. The second-order valence-corrected chi connectivity index (χ2v) is 9.93. The van der Waals surface area contributed by atoms with E-state index in [1.54, 1.807) is 18.3 Å². The van der Waals surface area contributed by atoms with Crippen LogP contribution in [0.5, 0.6) is 0 Å². The molecule has 3 aromatic heterocycles. The van der Waals surface area contributed by atoms with Crippen molar-refractivity contribution in [2.45, 2.75) is 52.7 Å². The van der Waals surface area contributed by atoms with Crippen LogP contribution in [0.4, 0.5) is 20.4 Å². The molecular weight excluding hydrogens is 474 g/mol. The number of fused-ring (bicyclic) bond motifs is 1. The minimum atomic E-state index is -0.578. The first-order valence-electron chi connectivity index (χ1n) is 12.8. The van der Waals surface area contributed by atoms with Gasteiger partial charge in [0.1, 0.15) is 34.5 Å². The van der Waals surface area contributed by atoms with E-state index < -0.39 is 17.7 Å². The number of imidazole rings is 1. The predicted molar refractivity (Wildman–Crippen MR) is 141 cm³/mol. The molecule has 0 saturated carbocycles. The van der Waals surface area contributed by atoms with Crippen molar-refractivity contribution < 1.29 is 13.9 Å². The summed E-state index contributed by atoms with van der Waals surface area (Å²) < 4.78 is 32.2. The molecular formula is C28H32F2N6O. The number of hydrogen-bond acceptors (Lipinski definition) is 6. The van der Waals surface area contributed by atoms with E-state index in [-0.39, 0.29) is 23.2 Å². The molecule has 0 amide bonds. The fourth-order valence-corrected chi connectivity index (χ4v) is 5.16. The Hall–Kier alpha value is -3.43. The van der Waals surface area contributed by atoms with E-state index in [2.05, 4.69) is 25.6 Å². The van der Waals surface area contributed by atoms with Crippen LogP contribution in [0.2, 0.25) is 0 Å². The fourth-order valence-electron chi connectivity index (χ4n) is 5.16. The molecule has 1 aliphatic heterocycles. The van der Waals surface area contributed by atoms with Gasteiger partial charge in [-0.15, -0.1) is 0 Å². The molecule has 0 radical (unpaired) electrons. The van der Waals surface area contributed by atoms with Gasteiger partial charge in [-0.3, -0.25) is 0 Å². The van der Waals surface area contributed by atoms with E-state index in [0.29, 0.717) is 40.5 Å². The molecule has 4 heterocycles. The van der Waals surface area contributed by atoms with Gasteiger partial charge in [-0.2, -0.15) is 0 Å². The van der Waals surface area contributed by atoms with Crippen molar-refractivity contribution in [3.63, 3.8) is 0 Å². The van der Waals surface area contributed by atoms with Gasteiger partial charge in [0.05, 0.1) is 11.6 Å². The van der Waals surface area contributed by atoms with Crippen LogP contribution in [-0.4, -0.2) is 37.7 Å². The molecule has 2 atom stereocenters. The fraction of sp³-hybridized carbons (Fsp3) is 0.393. The Bertz CT molecular complexity index is 1430. The van der Waals surface area contributed by atoms with Gasteiger partial charge < -0.3 is 20.3 Å². The molecule has 4 aromatic rings. The van der Waals surface area contributed by atoms with Crippen molar-refractivity contribution in [2.75, 3.05) is 18.4 Å². The Kier molecular flexibility index (Phi) is 6.92. The molecule has 1 aromatic carbocycles. The molecule has 0 bridgehead atoms. The maximum absolute atomic E-state index is 15.2. The molecule has 9 heteroatoms. The number of aromatic nitrogens is 4. The Balaban J connectivity index is 1.49. The van der Waals surface area contributed by atoms with Gasteiger partial charge in [-0.1, -0.05) is 13.0 Å². The van der Waals surface area contributed by atoms with Crippen molar-refractivity contribution in [2.24, 2.45) is 5.92 Å². The van der Waals surface area contributed by atoms with E-state index >= 15 is 8.78 Å². The summed E-state index contributed by atoms with van der Waals surface area (Å²) in [5, 5.41) is 17.1. The lowest BCUT2D eigenvalue weighted by molar-refractivity contribution is 0.118. The van der Waals surface area contributed by atoms with Crippen LogP contribution < -0.4 is 10.6 Å². The molecule has 1 saturated heterocycles. The number of rotatable bonds is 7. The highest BCUT2D eigenvalue weighted by atomic mass is 19.1. The van der Waals surface area contributed by atoms with Crippen LogP contribution in [0, 0.1) is 24.5 Å². The van der Waals surface area contributed by atoms with Gasteiger partial charge in [0.15, 0.2) is 5.82 Å². The molecule has 37 heavy (non-hydrogen) atoms. The highest BCUT2D eigenvalue weighted by Gasteiger charge is 2.24. The molecule has 0 unspecified atom stereocenters. The first kappa shape index (κ1) is 25.2. The number of aliphatic hydroxyl groups excluding tert-OH is 1. The standard InChI is InChI=1S/C28H32F2N6O/c1-5-17-10-21(29)25(20-11-22(30)26-23(12-20)36(15(2)3)16(4)33-26)35-28(17)34-24-7-6-18(14-32-24)27(37)19-8-9-31-13-19/h6-7,10-12,14-15,19,27,31,37H,5,8-9,13H2,1-4H3,(H,32,34,35)/t19-,27+/m1/s1. The van der Waals surface area contributed by atoms with E-state index in [0.717, 1.165) is 25.1 Å². The summed E-state index contributed by atoms with van der Waals surface area (Å²) in [6, 6.07) is 8.14. The van der Waals surface area contributed by atoms with Crippen molar-refractivity contribution in [1.82, 2.24) is 24.8 Å². The van der Waals surface area contributed by atoms with Crippen molar-refractivity contribution in [1.29, 1.82) is 0 Å². The van der Waals surface area contributed by atoms with E-state index in [9.17, 15) is 5.11 Å². The van der Waals surface area contributed by atoms with Gasteiger partial charge in [0.25, 0.3) is 0 Å². The zero-order valence-corrected chi connectivity index (χ0v) is 21.5. The summed E-state index contributed by atoms with van der Waals surface area (Å²) in [7, 11) is 0. The predicted octanol–water partition coefficient (Wildman–Crippen LogP) is 5.61. The maximum Gasteiger partial charge on any atom is 0.151 e. The monoisotopic (exact) mass is 506 g/mol. The first-order valence-corrected chi connectivity index (χ1v) is 12.8. The Morgan fingerprint density at radius 2 is 1.97 bits per heavy atom. The zero-order chi connectivity index (χ0) is 26.3. The normalized spacial score (nSPS) is 16.6. The first-order chi connectivity index (χ1) is 17.8. The SMILES string of the molecule is CCc1cc(F)c(-c2cc(F)c3nc(C)n(C(C)C)c3c2)nc1Nc1ccc([C@H](O)[C@@H]2CCNC2)cn1. The highest BCUT2D eigenvalue weighted by molar-refractivity contribution is 5.83. The lowest BCUT2D eigenvalue weighted by Gasteiger charge is -2.18. The maximum atomic E-state index is 15.2. The summed E-state index contributed by atoms with van der Waals surface area (Å²) in [6.07, 6.45) is 2.55. The van der Waals surface area contributed by atoms with Crippen LogP contribution in [-0.2, 0) is 6.42 Å². The molecule has 7 nitrogen and oxygen atoms in total. The van der Waals surface area contributed by atoms with Crippen molar-refractivity contribution in [3.8, 4) is 11.3 Å². The number of aliphatic hydroxyl groups is 1. The number of halogens is 2. The van der Waals surface area contributed by atoms with Crippen LogP contribution in [0.3, 0.4) is 0 Å². The zero-order valence-electron chi connectivity index (χ0n) is 21.5. The summed E-state index contributed by atoms with van der Waals surface area (Å²) in [6.45, 7) is 9.43. The summed E-state index contributed by atoms with van der Waals surface area (Å²) >= 11 is 0. The van der Waals surface area contributed by atoms with Gasteiger partial charge in [-0.25, -0.2) is 23.7 Å². The Labute approximate surface area is 215 Å². The average molecular weight is 507 g/mol. The molecule has 194 valence electrons. The number of anilines is 2. The molecule has 3 N–H and O–H groups in total. The van der Waals surface area contributed by atoms with Crippen LogP contribution in [0.15, 0.2) is 36.5 Å². The number of nitrogens with one attached hydrogen (secondary N) is 2. The van der Waals surface area contributed by atoms with Crippen LogP contribution in [0.25, 0.3) is 22.3 Å². The van der Waals surface area contributed by atoms with Crippen molar-refractivity contribution in [3.05, 3.63) is 65.1 Å². The van der Waals surface area contributed by atoms with Gasteiger partial charge >= 0.3 is 0 Å². The Morgan fingerprint density at radius 1 is 1.16 bits per heavy atom. The topological polar surface area (TPSA) is 87.9 Å². The number of benzene rings is 1. The van der Waals surface area contributed by atoms with Gasteiger partial charge in [0.2, 0.25) is 0 Å². The number of hydrogen-bond donors (Lipinski definition) is 3. The number of nitrogens with zero attached hydrogens (tertiary/aromatic N) is 4. The third-order valence-electron chi connectivity index (χ3n) is 7.07. The average Bonchev–Trinajstić information content (AvgIpc) is 3.53. The largest absolute Gasteiger partial charge is 0.388 e. The quantitative estimate of drug-likeness (QED) is 0.302. The number of aryl methyl sites for hydroxylation is 2. The third-order valence-corrected chi connectivity index (χ3v) is 7.07.